The van der Waals surface area contributed by atoms with E-state index in [4.69, 9.17) is 9.97 Å². The fourth-order valence-corrected chi connectivity index (χ4v) is 5.90. The third-order valence-corrected chi connectivity index (χ3v) is 8.39. The molecule has 1 N–H and O–H groups in total. The van der Waals surface area contributed by atoms with Gasteiger partial charge >= 0.3 is 0 Å². The number of halogens is 2. The molecule has 1 aliphatic heterocycles. The minimum absolute atomic E-state index is 0.454. The molecule has 2 atom stereocenters. The number of hydrogen-bond donors (Lipinski definition) is 1. The third kappa shape index (κ3) is 6.00. The van der Waals surface area contributed by atoms with Crippen LogP contribution in [-0.2, 0) is 12.8 Å². The standard InChI is InChI=1S/C28H38F2N4O/c29-24-12-11-21(18-25(24)30)27(35)13-10-20-4-1-6-22-19-31-28(32-26(22)9-2-5-20)34-16-14-33(15-17-34)23-7-3-8-23/h11-12,18-20,23,27,35H,1-10,13-17H2. The highest BCUT2D eigenvalue weighted by atomic mass is 19.2. The van der Waals surface area contributed by atoms with Crippen molar-refractivity contribution < 1.29 is 13.9 Å². The molecule has 2 fully saturated rings. The van der Waals surface area contributed by atoms with Gasteiger partial charge in [-0.15, -0.1) is 0 Å². The number of nitrogens with zero attached hydrogens (tertiary/aromatic N) is 4. The molecular weight excluding hydrogens is 446 g/mol. The fourth-order valence-electron chi connectivity index (χ4n) is 5.90. The Bertz CT molecular complexity index is 991. The van der Waals surface area contributed by atoms with Gasteiger partial charge in [-0.05, 0) is 80.5 Å². The first kappa shape index (κ1) is 24.6. The number of rotatable bonds is 6. The molecule has 5 rings (SSSR count). The van der Waals surface area contributed by atoms with Gasteiger partial charge in [0.2, 0.25) is 5.95 Å². The molecule has 3 aliphatic rings. The minimum atomic E-state index is -0.900. The third-order valence-electron chi connectivity index (χ3n) is 8.39. The second-order valence-corrected chi connectivity index (χ2v) is 10.7. The molecule has 1 saturated heterocycles. The van der Waals surface area contributed by atoms with Gasteiger partial charge in [-0.3, -0.25) is 4.90 Å². The number of fused-ring (bicyclic) bond motifs is 1. The van der Waals surface area contributed by atoms with Crippen molar-refractivity contribution in [2.45, 2.75) is 82.8 Å². The summed E-state index contributed by atoms with van der Waals surface area (Å²) in [6, 6.07) is 4.49. The van der Waals surface area contributed by atoms with Crippen LogP contribution in [0.3, 0.4) is 0 Å². The molecule has 2 heterocycles. The summed E-state index contributed by atoms with van der Waals surface area (Å²) in [5, 5.41) is 10.5. The Kier molecular flexibility index (Phi) is 7.93. The lowest BCUT2D eigenvalue weighted by atomic mass is 9.90. The van der Waals surface area contributed by atoms with Crippen LogP contribution in [0.15, 0.2) is 24.4 Å². The van der Waals surface area contributed by atoms with Crippen molar-refractivity contribution in [2.24, 2.45) is 5.92 Å². The summed E-state index contributed by atoms with van der Waals surface area (Å²) in [5.41, 5.74) is 2.94. The van der Waals surface area contributed by atoms with Crippen molar-refractivity contribution in [3.63, 3.8) is 0 Å². The van der Waals surface area contributed by atoms with Gasteiger partial charge in [0.15, 0.2) is 11.6 Å². The van der Waals surface area contributed by atoms with E-state index < -0.39 is 17.7 Å². The van der Waals surface area contributed by atoms with E-state index in [0.29, 0.717) is 17.9 Å². The maximum atomic E-state index is 13.5. The van der Waals surface area contributed by atoms with E-state index in [1.807, 2.05) is 0 Å². The lowest BCUT2D eigenvalue weighted by molar-refractivity contribution is 0.120. The molecule has 7 heteroatoms. The van der Waals surface area contributed by atoms with Crippen LogP contribution in [0.1, 0.15) is 80.7 Å². The first-order valence-electron chi connectivity index (χ1n) is 13.5. The van der Waals surface area contributed by atoms with Crippen LogP contribution in [0.2, 0.25) is 0 Å². The average molecular weight is 485 g/mol. The maximum absolute atomic E-state index is 13.5. The molecule has 5 nitrogen and oxygen atoms in total. The number of aliphatic hydroxyl groups excluding tert-OH is 1. The maximum Gasteiger partial charge on any atom is 0.225 e. The summed E-state index contributed by atoms with van der Waals surface area (Å²) in [6.45, 7) is 4.25. The largest absolute Gasteiger partial charge is 0.388 e. The van der Waals surface area contributed by atoms with Crippen LogP contribution in [0.5, 0.6) is 0 Å². The predicted octanol–water partition coefficient (Wildman–Crippen LogP) is 5.22. The minimum Gasteiger partial charge on any atom is -0.388 e. The van der Waals surface area contributed by atoms with Gasteiger partial charge in [-0.2, -0.15) is 0 Å². The molecule has 2 aliphatic carbocycles. The lowest BCUT2D eigenvalue weighted by Gasteiger charge is -2.43. The van der Waals surface area contributed by atoms with Crippen molar-refractivity contribution in [1.29, 1.82) is 0 Å². The highest BCUT2D eigenvalue weighted by Gasteiger charge is 2.29. The Morgan fingerprint density at radius 3 is 2.43 bits per heavy atom. The molecule has 35 heavy (non-hydrogen) atoms. The van der Waals surface area contributed by atoms with Crippen LogP contribution in [0.4, 0.5) is 14.7 Å². The van der Waals surface area contributed by atoms with E-state index in [-0.39, 0.29) is 0 Å². The summed E-state index contributed by atoms with van der Waals surface area (Å²) >= 11 is 0. The normalized spacial score (nSPS) is 23.1. The van der Waals surface area contributed by atoms with Gasteiger partial charge in [-0.1, -0.05) is 25.3 Å². The summed E-state index contributed by atoms with van der Waals surface area (Å²) in [6.07, 6.45) is 13.2. The van der Waals surface area contributed by atoms with Gasteiger partial charge in [0.25, 0.3) is 0 Å². The van der Waals surface area contributed by atoms with E-state index in [1.54, 1.807) is 0 Å². The van der Waals surface area contributed by atoms with Gasteiger partial charge in [0, 0.05) is 44.1 Å². The monoisotopic (exact) mass is 484 g/mol. The fraction of sp³-hybridized carbons (Fsp3) is 0.643. The summed E-state index contributed by atoms with van der Waals surface area (Å²) in [4.78, 5) is 14.8. The van der Waals surface area contributed by atoms with E-state index in [2.05, 4.69) is 16.0 Å². The number of anilines is 1. The molecular formula is C28H38F2N4O. The molecule has 0 spiro atoms. The van der Waals surface area contributed by atoms with Crippen molar-refractivity contribution in [1.82, 2.24) is 14.9 Å². The Balaban J connectivity index is 1.13. The van der Waals surface area contributed by atoms with Crippen LogP contribution in [0.25, 0.3) is 0 Å². The molecule has 2 aromatic rings. The van der Waals surface area contributed by atoms with Crippen LogP contribution >= 0.6 is 0 Å². The van der Waals surface area contributed by atoms with Crippen LogP contribution in [-0.4, -0.2) is 52.2 Å². The summed E-state index contributed by atoms with van der Waals surface area (Å²) in [7, 11) is 0. The molecule has 0 radical (unpaired) electrons. The zero-order chi connectivity index (χ0) is 24.2. The molecule has 1 saturated carbocycles. The average Bonchev–Trinajstić information content (AvgIpc) is 2.93. The zero-order valence-corrected chi connectivity index (χ0v) is 20.6. The Morgan fingerprint density at radius 1 is 0.943 bits per heavy atom. The van der Waals surface area contributed by atoms with Gasteiger partial charge in [0.1, 0.15) is 0 Å². The van der Waals surface area contributed by atoms with Crippen molar-refractivity contribution in [2.75, 3.05) is 31.1 Å². The van der Waals surface area contributed by atoms with E-state index in [0.717, 1.165) is 95.2 Å². The van der Waals surface area contributed by atoms with Crippen LogP contribution in [0, 0.1) is 17.6 Å². The molecule has 2 unspecified atom stereocenters. The Hall–Kier alpha value is -2.12. The number of aromatic nitrogens is 2. The number of hydrogen-bond acceptors (Lipinski definition) is 5. The summed E-state index contributed by atoms with van der Waals surface area (Å²) in [5.74, 6) is -0.361. The van der Waals surface area contributed by atoms with Crippen LogP contribution < -0.4 is 4.90 Å². The van der Waals surface area contributed by atoms with Crippen molar-refractivity contribution in [3.05, 3.63) is 52.9 Å². The second-order valence-electron chi connectivity index (χ2n) is 10.7. The first-order chi connectivity index (χ1) is 17.1. The van der Waals surface area contributed by atoms with Crippen molar-refractivity contribution >= 4 is 5.95 Å². The lowest BCUT2D eigenvalue weighted by Crippen LogP contribution is -2.52. The quantitative estimate of drug-likeness (QED) is 0.609. The van der Waals surface area contributed by atoms with Gasteiger partial charge in [0.05, 0.1) is 6.10 Å². The molecule has 1 aromatic carbocycles. The Morgan fingerprint density at radius 2 is 1.71 bits per heavy atom. The molecule has 0 amide bonds. The van der Waals surface area contributed by atoms with Gasteiger partial charge in [-0.25, -0.2) is 18.7 Å². The molecule has 0 bridgehead atoms. The smallest absolute Gasteiger partial charge is 0.225 e. The topological polar surface area (TPSA) is 52.5 Å². The van der Waals surface area contributed by atoms with E-state index >= 15 is 0 Å². The summed E-state index contributed by atoms with van der Waals surface area (Å²) < 4.78 is 26.7. The number of benzene rings is 1. The Labute approximate surface area is 207 Å². The van der Waals surface area contributed by atoms with Crippen molar-refractivity contribution in [3.8, 4) is 0 Å². The van der Waals surface area contributed by atoms with Gasteiger partial charge < -0.3 is 10.0 Å². The van der Waals surface area contributed by atoms with E-state index in [1.165, 1.54) is 36.6 Å². The highest BCUT2D eigenvalue weighted by Crippen LogP contribution is 2.30. The number of aryl methyl sites for hydroxylation is 2. The SMILES string of the molecule is OC(CCC1CCCc2cnc(N3CCN(C4CCC4)CC3)nc2CCC1)c1ccc(F)c(F)c1. The number of aliphatic hydroxyl groups is 1. The molecule has 1 aromatic heterocycles. The second kappa shape index (κ2) is 11.3. The van der Waals surface area contributed by atoms with E-state index in [9.17, 15) is 13.9 Å². The molecule has 190 valence electrons. The first-order valence-corrected chi connectivity index (χ1v) is 13.5. The number of piperazine rings is 1. The zero-order valence-electron chi connectivity index (χ0n) is 20.6. The predicted molar refractivity (Wildman–Crippen MR) is 133 cm³/mol. The highest BCUT2D eigenvalue weighted by molar-refractivity contribution is 5.34.